The minimum atomic E-state index is 0.250. The van der Waals surface area contributed by atoms with E-state index in [1.807, 2.05) is 10.8 Å². The lowest BCUT2D eigenvalue weighted by Crippen LogP contribution is -2.20. The van der Waals surface area contributed by atoms with Gasteiger partial charge in [0.05, 0.1) is 13.5 Å². The van der Waals surface area contributed by atoms with Gasteiger partial charge in [0.1, 0.15) is 0 Å². The molecule has 1 atom stereocenters. The SMILES string of the molecule is COCNCOCCCCC1CCSS1.O=C=O. The van der Waals surface area contributed by atoms with Gasteiger partial charge in [0, 0.05) is 24.7 Å². The van der Waals surface area contributed by atoms with Crippen molar-refractivity contribution in [2.24, 2.45) is 0 Å². The third-order valence-corrected chi connectivity index (χ3v) is 5.25. The second-order valence-electron chi connectivity index (χ2n) is 3.64. The van der Waals surface area contributed by atoms with Crippen LogP contribution in [0.15, 0.2) is 0 Å². The molecule has 0 saturated carbocycles. The van der Waals surface area contributed by atoms with E-state index in [0.717, 1.165) is 11.9 Å². The maximum absolute atomic E-state index is 8.12. The maximum Gasteiger partial charge on any atom is 0.373 e. The van der Waals surface area contributed by atoms with Crippen molar-refractivity contribution in [1.82, 2.24) is 5.32 Å². The minimum Gasteiger partial charge on any atom is -0.369 e. The normalized spacial score (nSPS) is 17.9. The molecule has 0 aromatic rings. The van der Waals surface area contributed by atoms with Crippen molar-refractivity contribution < 1.29 is 19.1 Å². The first kappa shape index (κ1) is 18.0. The Bertz CT molecular complexity index is 207. The molecule has 0 radical (unpaired) electrons. The zero-order chi connectivity index (χ0) is 13.5. The van der Waals surface area contributed by atoms with Crippen LogP contribution < -0.4 is 5.32 Å². The summed E-state index contributed by atoms with van der Waals surface area (Å²) in [5.74, 6) is 1.34. The van der Waals surface area contributed by atoms with E-state index >= 15 is 0 Å². The Labute approximate surface area is 116 Å². The highest BCUT2D eigenvalue weighted by atomic mass is 33.1. The first-order chi connectivity index (χ1) is 8.85. The van der Waals surface area contributed by atoms with Crippen LogP contribution in [-0.4, -0.2) is 44.3 Å². The summed E-state index contributed by atoms with van der Waals surface area (Å²) in [7, 11) is 5.76. The first-order valence-corrected chi connectivity index (χ1v) is 8.28. The molecule has 1 aliphatic heterocycles. The molecular weight excluding hydrogens is 274 g/mol. The van der Waals surface area contributed by atoms with E-state index in [2.05, 4.69) is 16.1 Å². The van der Waals surface area contributed by atoms with E-state index < -0.39 is 0 Å². The summed E-state index contributed by atoms with van der Waals surface area (Å²) in [5.41, 5.74) is 0. The molecule has 0 aliphatic carbocycles. The van der Waals surface area contributed by atoms with E-state index in [1.165, 1.54) is 31.4 Å². The second kappa shape index (κ2) is 15.0. The highest BCUT2D eigenvalue weighted by Crippen LogP contribution is 2.39. The predicted molar refractivity (Wildman–Crippen MR) is 73.1 cm³/mol. The third kappa shape index (κ3) is 12.4. The molecule has 1 fully saturated rings. The molecule has 0 amide bonds. The van der Waals surface area contributed by atoms with Gasteiger partial charge in [-0.25, -0.2) is 0 Å². The van der Waals surface area contributed by atoms with Crippen molar-refractivity contribution >= 4 is 27.7 Å². The number of hydrogen-bond donors (Lipinski definition) is 1. The lowest BCUT2D eigenvalue weighted by Gasteiger charge is -2.07. The monoisotopic (exact) mass is 295 g/mol. The Balaban J connectivity index is 0.000000873. The van der Waals surface area contributed by atoms with Gasteiger partial charge in [-0.05, 0) is 19.3 Å². The number of ether oxygens (including phenoxy) is 2. The molecule has 5 nitrogen and oxygen atoms in total. The van der Waals surface area contributed by atoms with Gasteiger partial charge in [-0.2, -0.15) is 9.59 Å². The molecule has 0 aromatic carbocycles. The fraction of sp³-hybridized carbons (Fsp3) is 0.909. The van der Waals surface area contributed by atoms with Crippen molar-refractivity contribution in [1.29, 1.82) is 0 Å². The maximum atomic E-state index is 8.12. The Hall–Kier alpha value is -0.0400. The molecule has 18 heavy (non-hydrogen) atoms. The molecule has 1 unspecified atom stereocenters. The van der Waals surface area contributed by atoms with Gasteiger partial charge in [-0.3, -0.25) is 5.32 Å². The summed E-state index contributed by atoms with van der Waals surface area (Å²) in [6.07, 6.45) is 5.47. The average molecular weight is 295 g/mol. The van der Waals surface area contributed by atoms with Crippen molar-refractivity contribution in [3.8, 4) is 0 Å². The smallest absolute Gasteiger partial charge is 0.369 e. The van der Waals surface area contributed by atoms with Crippen LogP contribution in [0.5, 0.6) is 0 Å². The van der Waals surface area contributed by atoms with Gasteiger partial charge in [0.2, 0.25) is 0 Å². The number of methoxy groups -OCH3 is 1. The molecule has 1 N–H and O–H groups in total. The van der Waals surface area contributed by atoms with Gasteiger partial charge in [-0.1, -0.05) is 28.0 Å². The van der Waals surface area contributed by atoms with Crippen LogP contribution >= 0.6 is 21.6 Å². The molecule has 0 spiro atoms. The van der Waals surface area contributed by atoms with E-state index in [1.54, 1.807) is 7.11 Å². The van der Waals surface area contributed by atoms with Crippen LogP contribution in [0.25, 0.3) is 0 Å². The lowest BCUT2D eigenvalue weighted by atomic mass is 10.1. The highest BCUT2D eigenvalue weighted by molar-refractivity contribution is 8.77. The highest BCUT2D eigenvalue weighted by Gasteiger charge is 2.15. The van der Waals surface area contributed by atoms with Crippen LogP contribution in [0.3, 0.4) is 0 Å². The molecule has 1 rings (SSSR count). The van der Waals surface area contributed by atoms with E-state index in [4.69, 9.17) is 19.1 Å². The topological polar surface area (TPSA) is 64.6 Å². The summed E-state index contributed by atoms with van der Waals surface area (Å²) in [4.78, 5) is 16.2. The van der Waals surface area contributed by atoms with Crippen LogP contribution in [0.1, 0.15) is 25.7 Å². The van der Waals surface area contributed by atoms with Gasteiger partial charge in [-0.15, -0.1) is 0 Å². The second-order valence-corrected chi connectivity index (χ2v) is 6.43. The van der Waals surface area contributed by atoms with Crippen LogP contribution in [0.4, 0.5) is 0 Å². The van der Waals surface area contributed by atoms with Crippen molar-refractivity contribution in [2.75, 3.05) is 32.9 Å². The lowest BCUT2D eigenvalue weighted by molar-refractivity contribution is -0.191. The third-order valence-electron chi connectivity index (χ3n) is 2.24. The fourth-order valence-corrected chi connectivity index (χ4v) is 4.46. The van der Waals surface area contributed by atoms with E-state index in [0.29, 0.717) is 13.5 Å². The van der Waals surface area contributed by atoms with Gasteiger partial charge >= 0.3 is 6.15 Å². The summed E-state index contributed by atoms with van der Waals surface area (Å²) in [6.45, 7) is 2.03. The van der Waals surface area contributed by atoms with Gasteiger partial charge < -0.3 is 9.47 Å². The Morgan fingerprint density at radius 1 is 1.33 bits per heavy atom. The number of nitrogens with one attached hydrogen (secondary N) is 1. The zero-order valence-electron chi connectivity index (χ0n) is 10.7. The molecule has 1 aliphatic rings. The molecule has 7 heteroatoms. The Kier molecular flexibility index (Phi) is 15.0. The standard InChI is InChI=1S/C10H21NO2S2.CO2/c1-12-8-11-9-13-6-3-2-4-10-5-7-14-15-10;2-1-3/h10-11H,2-9H2,1H3;. The minimum absolute atomic E-state index is 0.250. The fourth-order valence-electron chi connectivity index (χ4n) is 1.43. The number of unbranched alkanes of at least 4 members (excludes halogenated alkanes) is 1. The van der Waals surface area contributed by atoms with Crippen molar-refractivity contribution in [3.63, 3.8) is 0 Å². The van der Waals surface area contributed by atoms with Gasteiger partial charge in [0.15, 0.2) is 0 Å². The molecule has 1 saturated heterocycles. The number of carbonyl (C=O) groups excluding carboxylic acids is 2. The summed E-state index contributed by atoms with van der Waals surface area (Å²) in [6, 6.07) is 0. The molecule has 0 bridgehead atoms. The van der Waals surface area contributed by atoms with E-state index in [9.17, 15) is 0 Å². The Morgan fingerprint density at radius 2 is 2.11 bits per heavy atom. The summed E-state index contributed by atoms with van der Waals surface area (Å²) < 4.78 is 10.2. The first-order valence-electron chi connectivity index (χ1n) is 5.90. The van der Waals surface area contributed by atoms with Crippen LogP contribution in [-0.2, 0) is 19.1 Å². The Morgan fingerprint density at radius 3 is 2.72 bits per heavy atom. The van der Waals surface area contributed by atoms with Gasteiger partial charge in [0.25, 0.3) is 0 Å². The molecule has 0 aromatic heterocycles. The number of rotatable bonds is 9. The summed E-state index contributed by atoms with van der Waals surface area (Å²) >= 11 is 0. The molecule has 106 valence electrons. The van der Waals surface area contributed by atoms with Crippen LogP contribution in [0.2, 0.25) is 0 Å². The number of hydrogen-bond acceptors (Lipinski definition) is 7. The zero-order valence-corrected chi connectivity index (χ0v) is 12.3. The van der Waals surface area contributed by atoms with Crippen molar-refractivity contribution in [3.05, 3.63) is 0 Å². The van der Waals surface area contributed by atoms with Crippen molar-refractivity contribution in [2.45, 2.75) is 30.9 Å². The van der Waals surface area contributed by atoms with E-state index in [-0.39, 0.29) is 6.15 Å². The van der Waals surface area contributed by atoms with Crippen LogP contribution in [0, 0.1) is 0 Å². The largest absolute Gasteiger partial charge is 0.373 e. The quantitative estimate of drug-likeness (QED) is 0.396. The summed E-state index contributed by atoms with van der Waals surface area (Å²) in [5, 5.41) is 3.92. The molecular formula is C11H21NO4S2. The predicted octanol–water partition coefficient (Wildman–Crippen LogP) is 1.89. The molecule has 1 heterocycles. The average Bonchev–Trinajstić information content (AvgIpc) is 2.87.